The van der Waals surface area contributed by atoms with Gasteiger partial charge in [0, 0.05) is 11.5 Å². The van der Waals surface area contributed by atoms with Crippen LogP contribution in [0.2, 0.25) is 0 Å². The molecule has 4 rings (SSSR count). The fourth-order valence-corrected chi connectivity index (χ4v) is 3.03. The molecule has 1 aromatic carbocycles. The van der Waals surface area contributed by atoms with Gasteiger partial charge in [0.25, 0.3) is 0 Å². The summed E-state index contributed by atoms with van der Waals surface area (Å²) in [7, 11) is 1.58. The molecule has 6 heteroatoms. The van der Waals surface area contributed by atoms with Crippen molar-refractivity contribution in [1.82, 2.24) is 0 Å². The number of methoxy groups -OCH3 is 1. The summed E-state index contributed by atoms with van der Waals surface area (Å²) < 4.78 is 16.3. The van der Waals surface area contributed by atoms with Crippen LogP contribution < -0.4 is 19.9 Å². The van der Waals surface area contributed by atoms with Gasteiger partial charge in [0.15, 0.2) is 11.5 Å². The fraction of sp³-hybridized carbons (Fsp3) is 0.176. The summed E-state index contributed by atoms with van der Waals surface area (Å²) in [6.45, 7) is 0.170. The van der Waals surface area contributed by atoms with Crippen molar-refractivity contribution in [3.8, 4) is 23.3 Å². The summed E-state index contributed by atoms with van der Waals surface area (Å²) in [4.78, 5) is 4.27. The van der Waals surface area contributed by atoms with Gasteiger partial charge in [0.2, 0.25) is 12.5 Å². The topological polar surface area (TPSA) is 89.9 Å². The largest absolute Gasteiger partial charge is 0.493 e. The first kappa shape index (κ1) is 13.5. The predicted octanol–water partition coefficient (Wildman–Crippen LogP) is 2.15. The highest BCUT2D eigenvalue weighted by molar-refractivity contribution is 6.06. The SMILES string of the molecule is COc1cc(C2C=CC=C3N=C(N)C(C#N)=C32)cc2c1OCO2. The van der Waals surface area contributed by atoms with Crippen molar-refractivity contribution in [1.29, 1.82) is 5.26 Å². The van der Waals surface area contributed by atoms with Crippen molar-refractivity contribution in [3.63, 3.8) is 0 Å². The molecule has 2 N–H and O–H groups in total. The second-order valence-corrected chi connectivity index (χ2v) is 5.27. The van der Waals surface area contributed by atoms with Gasteiger partial charge >= 0.3 is 0 Å². The van der Waals surface area contributed by atoms with Crippen molar-refractivity contribution in [2.45, 2.75) is 5.92 Å². The molecule has 0 spiro atoms. The van der Waals surface area contributed by atoms with Gasteiger partial charge in [-0.05, 0) is 23.8 Å². The van der Waals surface area contributed by atoms with Gasteiger partial charge in [0.1, 0.15) is 17.5 Å². The quantitative estimate of drug-likeness (QED) is 0.904. The lowest BCUT2D eigenvalue weighted by molar-refractivity contribution is 0.171. The molecule has 1 aromatic rings. The monoisotopic (exact) mass is 307 g/mol. The third-order valence-electron chi connectivity index (χ3n) is 4.06. The van der Waals surface area contributed by atoms with Crippen LogP contribution in [0.25, 0.3) is 0 Å². The third kappa shape index (κ3) is 1.90. The van der Waals surface area contributed by atoms with E-state index in [1.54, 1.807) is 7.11 Å². The van der Waals surface area contributed by atoms with Crippen LogP contribution in [0.3, 0.4) is 0 Å². The summed E-state index contributed by atoms with van der Waals surface area (Å²) in [5.74, 6) is 1.96. The number of nitrogens with zero attached hydrogens (tertiary/aromatic N) is 2. The van der Waals surface area contributed by atoms with E-state index < -0.39 is 0 Å². The number of nitriles is 1. The molecule has 3 aliphatic rings. The lowest BCUT2D eigenvalue weighted by atomic mass is 9.84. The van der Waals surface area contributed by atoms with Gasteiger partial charge in [-0.3, -0.25) is 0 Å². The molecule has 6 nitrogen and oxygen atoms in total. The molecule has 23 heavy (non-hydrogen) atoms. The van der Waals surface area contributed by atoms with E-state index in [9.17, 15) is 5.26 Å². The minimum Gasteiger partial charge on any atom is -0.493 e. The molecule has 0 amide bonds. The first-order chi connectivity index (χ1) is 11.2. The van der Waals surface area contributed by atoms with Gasteiger partial charge < -0.3 is 19.9 Å². The van der Waals surface area contributed by atoms with Crippen LogP contribution in [-0.2, 0) is 0 Å². The number of fused-ring (bicyclic) bond motifs is 2. The summed E-state index contributed by atoms with van der Waals surface area (Å²) >= 11 is 0. The molecule has 0 bridgehead atoms. The summed E-state index contributed by atoms with van der Waals surface area (Å²) in [5, 5.41) is 9.41. The van der Waals surface area contributed by atoms with Crippen LogP contribution in [-0.4, -0.2) is 19.7 Å². The first-order valence-electron chi connectivity index (χ1n) is 7.08. The molecule has 0 aromatic heterocycles. The lowest BCUT2D eigenvalue weighted by Gasteiger charge is -2.20. The fourth-order valence-electron chi connectivity index (χ4n) is 3.03. The molecule has 2 heterocycles. The van der Waals surface area contributed by atoms with Crippen LogP contribution in [0.5, 0.6) is 17.2 Å². The maximum absolute atomic E-state index is 9.41. The molecule has 0 saturated carbocycles. The minimum absolute atomic E-state index is 0.141. The normalized spacial score (nSPS) is 20.8. The Labute approximate surface area is 132 Å². The zero-order chi connectivity index (χ0) is 16.0. The maximum atomic E-state index is 9.41. The average Bonchev–Trinajstić information content (AvgIpc) is 3.16. The molecule has 1 unspecified atom stereocenters. The molecule has 114 valence electrons. The summed E-state index contributed by atoms with van der Waals surface area (Å²) in [6, 6.07) is 5.95. The standard InChI is InChI=1S/C17H13N3O3/c1-21-13-5-9(6-14-16(13)23-8-22-14)10-3-2-4-12-15(10)11(7-18)17(19)20-12/h2-6,10H,8H2,1H3,(H2,19,20). The van der Waals surface area contributed by atoms with E-state index in [1.165, 1.54) is 0 Å². The van der Waals surface area contributed by atoms with Crippen molar-refractivity contribution >= 4 is 5.84 Å². The van der Waals surface area contributed by atoms with Crippen molar-refractivity contribution in [2.24, 2.45) is 10.7 Å². The number of amidine groups is 1. The Hall–Kier alpha value is -3.20. The smallest absolute Gasteiger partial charge is 0.231 e. The second kappa shape index (κ2) is 4.92. The number of ether oxygens (including phenoxy) is 3. The number of hydrogen-bond donors (Lipinski definition) is 1. The van der Waals surface area contributed by atoms with Gasteiger partial charge in [0.05, 0.1) is 12.8 Å². The number of aliphatic imine (C=N–C) groups is 1. The number of hydrogen-bond acceptors (Lipinski definition) is 6. The molecular formula is C17H13N3O3. The van der Waals surface area contributed by atoms with Crippen molar-refractivity contribution in [2.75, 3.05) is 13.9 Å². The predicted molar refractivity (Wildman–Crippen MR) is 83.3 cm³/mol. The van der Waals surface area contributed by atoms with Gasteiger partial charge in [-0.2, -0.15) is 5.26 Å². The molecule has 2 aliphatic heterocycles. The van der Waals surface area contributed by atoms with Crippen LogP contribution >= 0.6 is 0 Å². The number of rotatable bonds is 2. The van der Waals surface area contributed by atoms with E-state index in [1.807, 2.05) is 30.4 Å². The van der Waals surface area contributed by atoms with E-state index in [0.29, 0.717) is 22.8 Å². The highest BCUT2D eigenvalue weighted by Crippen LogP contribution is 2.47. The van der Waals surface area contributed by atoms with Crippen LogP contribution in [0, 0.1) is 11.3 Å². The molecule has 0 radical (unpaired) electrons. The van der Waals surface area contributed by atoms with Gasteiger partial charge in [-0.1, -0.05) is 12.2 Å². The molecular weight excluding hydrogens is 294 g/mol. The van der Waals surface area contributed by atoms with Gasteiger partial charge in [-0.25, -0.2) is 4.99 Å². The lowest BCUT2D eigenvalue weighted by Crippen LogP contribution is -2.12. The maximum Gasteiger partial charge on any atom is 0.231 e. The first-order valence-corrected chi connectivity index (χ1v) is 7.08. The average molecular weight is 307 g/mol. The Kier molecular flexibility index (Phi) is 2.88. The molecule has 0 saturated heterocycles. The Balaban J connectivity index is 1.86. The Bertz CT molecular complexity index is 872. The minimum atomic E-state index is -0.141. The number of nitrogens with two attached hydrogens (primary N) is 1. The van der Waals surface area contributed by atoms with Crippen molar-refractivity contribution in [3.05, 3.63) is 52.8 Å². The van der Waals surface area contributed by atoms with E-state index in [-0.39, 0.29) is 18.5 Å². The molecule has 0 fully saturated rings. The van der Waals surface area contributed by atoms with E-state index >= 15 is 0 Å². The van der Waals surface area contributed by atoms with E-state index in [0.717, 1.165) is 16.8 Å². The zero-order valence-electron chi connectivity index (χ0n) is 12.4. The Morgan fingerprint density at radius 1 is 1.39 bits per heavy atom. The van der Waals surface area contributed by atoms with Crippen LogP contribution in [0.15, 0.2) is 52.2 Å². The Morgan fingerprint density at radius 3 is 3.04 bits per heavy atom. The second-order valence-electron chi connectivity index (χ2n) is 5.27. The van der Waals surface area contributed by atoms with Crippen LogP contribution in [0.4, 0.5) is 0 Å². The molecule has 1 aliphatic carbocycles. The highest BCUT2D eigenvalue weighted by atomic mass is 16.7. The van der Waals surface area contributed by atoms with Crippen molar-refractivity contribution < 1.29 is 14.2 Å². The molecule has 1 atom stereocenters. The zero-order valence-corrected chi connectivity index (χ0v) is 12.4. The summed E-state index contributed by atoms with van der Waals surface area (Å²) in [5.41, 5.74) is 8.76. The number of allylic oxidation sites excluding steroid dienone is 4. The summed E-state index contributed by atoms with van der Waals surface area (Å²) in [6.07, 6.45) is 5.77. The van der Waals surface area contributed by atoms with Crippen LogP contribution in [0.1, 0.15) is 11.5 Å². The highest BCUT2D eigenvalue weighted by Gasteiger charge is 2.31. The van der Waals surface area contributed by atoms with E-state index in [2.05, 4.69) is 11.1 Å². The van der Waals surface area contributed by atoms with Gasteiger partial charge in [-0.15, -0.1) is 0 Å². The number of benzene rings is 1. The third-order valence-corrected chi connectivity index (χ3v) is 4.06. The Morgan fingerprint density at radius 2 is 2.26 bits per heavy atom. The van der Waals surface area contributed by atoms with E-state index in [4.69, 9.17) is 19.9 Å².